The third kappa shape index (κ3) is 3.98. The van der Waals surface area contributed by atoms with Gasteiger partial charge in [-0.1, -0.05) is 19.1 Å². The molecule has 3 heterocycles. The minimum absolute atomic E-state index is 0.157. The predicted octanol–water partition coefficient (Wildman–Crippen LogP) is 4.65. The lowest BCUT2D eigenvalue weighted by Crippen LogP contribution is -2.28. The summed E-state index contributed by atoms with van der Waals surface area (Å²) in [6.45, 7) is 2.01. The molecule has 0 N–H and O–H groups in total. The SMILES string of the molecule is CCc1ccnc(N(C)C(=O)c2cn3c(-c4ccc(C(F)(F)F)cc4)cnc3cn2)c1. The normalized spacial score (nSPS) is 11.6. The molecular formula is C22H18F3N5O. The van der Waals surface area contributed by atoms with Crippen molar-refractivity contribution in [1.29, 1.82) is 0 Å². The Balaban J connectivity index is 1.68. The summed E-state index contributed by atoms with van der Waals surface area (Å²) in [6.07, 6.45) is 2.56. The van der Waals surface area contributed by atoms with E-state index in [0.717, 1.165) is 24.1 Å². The van der Waals surface area contributed by atoms with E-state index in [0.29, 0.717) is 22.7 Å². The average Bonchev–Trinajstić information content (AvgIpc) is 3.21. The molecule has 0 aliphatic heterocycles. The Bertz CT molecular complexity index is 1250. The van der Waals surface area contributed by atoms with Gasteiger partial charge in [-0.2, -0.15) is 13.2 Å². The summed E-state index contributed by atoms with van der Waals surface area (Å²) in [5, 5.41) is 0. The molecule has 0 unspecified atom stereocenters. The Labute approximate surface area is 176 Å². The van der Waals surface area contributed by atoms with Crippen LogP contribution in [0.25, 0.3) is 16.9 Å². The molecule has 4 aromatic rings. The van der Waals surface area contributed by atoms with E-state index in [1.54, 1.807) is 17.6 Å². The van der Waals surface area contributed by atoms with Crippen LogP contribution in [0.2, 0.25) is 0 Å². The van der Waals surface area contributed by atoms with Gasteiger partial charge in [-0.05, 0) is 36.2 Å². The highest BCUT2D eigenvalue weighted by Gasteiger charge is 2.30. The summed E-state index contributed by atoms with van der Waals surface area (Å²) < 4.78 is 40.2. The topological polar surface area (TPSA) is 63.4 Å². The number of rotatable bonds is 4. The first-order valence-electron chi connectivity index (χ1n) is 9.51. The van der Waals surface area contributed by atoms with Gasteiger partial charge in [-0.25, -0.2) is 15.0 Å². The zero-order chi connectivity index (χ0) is 22.2. The number of carbonyl (C=O) groups excluding carboxylic acids is 1. The van der Waals surface area contributed by atoms with Gasteiger partial charge in [-0.3, -0.25) is 14.1 Å². The fourth-order valence-corrected chi connectivity index (χ4v) is 3.18. The van der Waals surface area contributed by atoms with Crippen molar-refractivity contribution in [2.24, 2.45) is 0 Å². The lowest BCUT2D eigenvalue weighted by molar-refractivity contribution is -0.137. The van der Waals surface area contributed by atoms with Gasteiger partial charge in [0, 0.05) is 25.0 Å². The first kappa shape index (κ1) is 20.5. The first-order chi connectivity index (χ1) is 14.8. The van der Waals surface area contributed by atoms with Gasteiger partial charge in [-0.15, -0.1) is 0 Å². The Morgan fingerprint density at radius 3 is 2.48 bits per heavy atom. The minimum Gasteiger partial charge on any atom is -0.296 e. The Morgan fingerprint density at radius 2 is 1.81 bits per heavy atom. The maximum Gasteiger partial charge on any atom is 0.416 e. The van der Waals surface area contributed by atoms with Crippen LogP contribution in [-0.2, 0) is 12.6 Å². The lowest BCUT2D eigenvalue weighted by atomic mass is 10.1. The van der Waals surface area contributed by atoms with Crippen LogP contribution in [0.15, 0.2) is 61.2 Å². The van der Waals surface area contributed by atoms with Crippen LogP contribution in [0.3, 0.4) is 0 Å². The molecule has 0 aliphatic carbocycles. The number of carbonyl (C=O) groups is 1. The molecule has 158 valence electrons. The standard InChI is InChI=1S/C22H18F3N5O/c1-3-14-8-9-26-19(10-14)29(2)21(31)17-13-30-18(11-28-20(30)12-27-17)15-4-6-16(7-5-15)22(23,24)25/h4-13H,3H2,1-2H3. The molecule has 0 spiro atoms. The molecule has 0 aliphatic rings. The van der Waals surface area contributed by atoms with E-state index >= 15 is 0 Å². The number of hydrogen-bond donors (Lipinski definition) is 0. The second-order valence-electron chi connectivity index (χ2n) is 6.96. The molecule has 0 atom stereocenters. The van der Waals surface area contributed by atoms with Crippen LogP contribution >= 0.6 is 0 Å². The summed E-state index contributed by atoms with van der Waals surface area (Å²) in [6, 6.07) is 8.50. The number of aryl methyl sites for hydroxylation is 1. The number of hydrogen-bond acceptors (Lipinski definition) is 4. The van der Waals surface area contributed by atoms with E-state index in [1.165, 1.54) is 35.6 Å². The van der Waals surface area contributed by atoms with E-state index < -0.39 is 11.7 Å². The maximum absolute atomic E-state index is 13.0. The van der Waals surface area contributed by atoms with Crippen molar-refractivity contribution >= 4 is 17.4 Å². The molecular weight excluding hydrogens is 407 g/mol. The van der Waals surface area contributed by atoms with Crippen LogP contribution in [0.5, 0.6) is 0 Å². The first-order valence-corrected chi connectivity index (χ1v) is 9.51. The summed E-state index contributed by atoms with van der Waals surface area (Å²) in [4.78, 5) is 27.1. The largest absolute Gasteiger partial charge is 0.416 e. The monoisotopic (exact) mass is 425 g/mol. The highest BCUT2D eigenvalue weighted by molar-refractivity contribution is 6.03. The quantitative estimate of drug-likeness (QED) is 0.478. The molecule has 4 rings (SSSR count). The summed E-state index contributed by atoms with van der Waals surface area (Å²) in [5.41, 5.74) is 2.04. The van der Waals surface area contributed by atoms with Gasteiger partial charge in [0.25, 0.3) is 5.91 Å². The van der Waals surface area contributed by atoms with Crippen molar-refractivity contribution in [3.8, 4) is 11.3 Å². The smallest absolute Gasteiger partial charge is 0.296 e. The molecule has 1 aromatic carbocycles. The molecule has 6 nitrogen and oxygen atoms in total. The number of nitrogens with zero attached hydrogens (tertiary/aromatic N) is 5. The Hall–Kier alpha value is -3.75. The second kappa shape index (κ2) is 7.82. The Morgan fingerprint density at radius 1 is 1.06 bits per heavy atom. The third-order valence-electron chi connectivity index (χ3n) is 4.99. The molecule has 1 amide bonds. The number of amides is 1. The summed E-state index contributed by atoms with van der Waals surface area (Å²) >= 11 is 0. The number of halogens is 3. The van der Waals surface area contributed by atoms with Crippen LogP contribution in [0.1, 0.15) is 28.5 Å². The van der Waals surface area contributed by atoms with Crippen molar-refractivity contribution < 1.29 is 18.0 Å². The number of alkyl halides is 3. The van der Waals surface area contributed by atoms with Gasteiger partial charge in [0.2, 0.25) is 0 Å². The van der Waals surface area contributed by atoms with Crippen molar-refractivity contribution in [1.82, 2.24) is 19.4 Å². The van der Waals surface area contributed by atoms with Crippen molar-refractivity contribution in [2.45, 2.75) is 19.5 Å². The zero-order valence-corrected chi connectivity index (χ0v) is 16.8. The molecule has 0 saturated heterocycles. The minimum atomic E-state index is -4.41. The number of pyridine rings is 1. The van der Waals surface area contributed by atoms with E-state index in [-0.39, 0.29) is 11.6 Å². The van der Waals surface area contributed by atoms with Crippen molar-refractivity contribution in [3.63, 3.8) is 0 Å². The van der Waals surface area contributed by atoms with E-state index in [1.807, 2.05) is 19.1 Å². The van der Waals surface area contributed by atoms with Crippen molar-refractivity contribution in [2.75, 3.05) is 11.9 Å². The number of benzene rings is 1. The van der Waals surface area contributed by atoms with Crippen LogP contribution in [0, 0.1) is 0 Å². The van der Waals surface area contributed by atoms with E-state index in [9.17, 15) is 18.0 Å². The molecule has 0 radical (unpaired) electrons. The van der Waals surface area contributed by atoms with Gasteiger partial charge < -0.3 is 0 Å². The molecule has 3 aromatic heterocycles. The summed E-state index contributed by atoms with van der Waals surface area (Å²) in [7, 11) is 1.61. The van der Waals surface area contributed by atoms with E-state index in [2.05, 4.69) is 15.0 Å². The van der Waals surface area contributed by atoms with Crippen LogP contribution in [0.4, 0.5) is 19.0 Å². The van der Waals surface area contributed by atoms with Crippen LogP contribution in [-0.4, -0.2) is 32.3 Å². The number of aromatic nitrogens is 4. The summed E-state index contributed by atoms with van der Waals surface area (Å²) in [5.74, 6) is 0.134. The third-order valence-corrected chi connectivity index (χ3v) is 4.99. The molecule has 0 fully saturated rings. The van der Waals surface area contributed by atoms with E-state index in [4.69, 9.17) is 0 Å². The number of anilines is 1. The van der Waals surface area contributed by atoms with Gasteiger partial charge in [0.1, 0.15) is 11.5 Å². The zero-order valence-electron chi connectivity index (χ0n) is 16.8. The molecule has 0 saturated carbocycles. The van der Waals surface area contributed by atoms with Gasteiger partial charge in [0.05, 0.1) is 23.7 Å². The van der Waals surface area contributed by atoms with Crippen molar-refractivity contribution in [3.05, 3.63) is 78.0 Å². The maximum atomic E-state index is 13.0. The fourth-order valence-electron chi connectivity index (χ4n) is 3.18. The van der Waals surface area contributed by atoms with Gasteiger partial charge >= 0.3 is 6.18 Å². The number of fused-ring (bicyclic) bond motifs is 1. The highest BCUT2D eigenvalue weighted by atomic mass is 19.4. The molecule has 0 bridgehead atoms. The highest BCUT2D eigenvalue weighted by Crippen LogP contribution is 2.31. The predicted molar refractivity (Wildman–Crippen MR) is 110 cm³/mol. The average molecular weight is 425 g/mol. The van der Waals surface area contributed by atoms with Crippen LogP contribution < -0.4 is 4.90 Å². The molecule has 31 heavy (non-hydrogen) atoms. The second-order valence-corrected chi connectivity index (χ2v) is 6.96. The fraction of sp³-hybridized carbons (Fsp3) is 0.182. The lowest BCUT2D eigenvalue weighted by Gasteiger charge is -2.16. The molecule has 9 heteroatoms. The van der Waals surface area contributed by atoms with Gasteiger partial charge in [0.15, 0.2) is 5.65 Å². The number of imidazole rings is 1. The Kier molecular flexibility index (Phi) is 5.18.